The average molecular weight is 541 g/mol. The van der Waals surface area contributed by atoms with Crippen LogP contribution in [0, 0.1) is 5.82 Å². The van der Waals surface area contributed by atoms with Crippen LogP contribution in [0.1, 0.15) is 38.5 Å². The Morgan fingerprint density at radius 3 is 2.79 bits per heavy atom. The van der Waals surface area contributed by atoms with Crippen molar-refractivity contribution in [1.29, 1.82) is 0 Å². The maximum absolute atomic E-state index is 15.3. The van der Waals surface area contributed by atoms with Crippen LogP contribution < -0.4 is 15.0 Å². The van der Waals surface area contributed by atoms with E-state index in [4.69, 9.17) is 21.3 Å². The lowest BCUT2D eigenvalue weighted by atomic mass is 9.95. The number of halogens is 3. The van der Waals surface area contributed by atoms with E-state index >= 15 is 4.39 Å². The molecular formula is C23H28BrClFN5O2. The number of piperazine rings is 1. The van der Waals surface area contributed by atoms with Gasteiger partial charge in [0.2, 0.25) is 0 Å². The second-order valence-corrected chi connectivity index (χ2v) is 11.1. The number of benzene rings is 1. The van der Waals surface area contributed by atoms with Crippen LogP contribution in [-0.2, 0) is 0 Å². The van der Waals surface area contributed by atoms with Crippen LogP contribution in [0.2, 0.25) is 5.02 Å². The Hall–Kier alpha value is -1.26. The highest BCUT2D eigenvalue weighted by atomic mass is 79.9. The number of nitrogens with zero attached hydrogens (tertiary/aromatic N) is 4. The number of nitrogens with one attached hydrogen (secondary N) is 1. The van der Waals surface area contributed by atoms with Crippen LogP contribution >= 0.6 is 27.5 Å². The lowest BCUT2D eigenvalue weighted by molar-refractivity contribution is 0.0644. The molecule has 1 aromatic carbocycles. The van der Waals surface area contributed by atoms with Gasteiger partial charge in [0.15, 0.2) is 5.82 Å². The summed E-state index contributed by atoms with van der Waals surface area (Å²) < 4.78 is 21.7. The summed E-state index contributed by atoms with van der Waals surface area (Å²) in [4.78, 5) is 13.9. The van der Waals surface area contributed by atoms with E-state index in [-0.39, 0.29) is 34.2 Å². The molecule has 4 aliphatic heterocycles. The van der Waals surface area contributed by atoms with Gasteiger partial charge < -0.3 is 20.1 Å². The summed E-state index contributed by atoms with van der Waals surface area (Å²) in [6.45, 7) is 3.21. The van der Waals surface area contributed by atoms with Crippen molar-refractivity contribution in [1.82, 2.24) is 20.2 Å². The van der Waals surface area contributed by atoms with E-state index in [0.717, 1.165) is 58.2 Å². The van der Waals surface area contributed by atoms with Crippen LogP contribution in [0.4, 0.5) is 10.2 Å². The van der Waals surface area contributed by atoms with E-state index in [1.807, 2.05) is 0 Å². The summed E-state index contributed by atoms with van der Waals surface area (Å²) in [6, 6.07) is 2.96. The van der Waals surface area contributed by atoms with Gasteiger partial charge in [-0.15, -0.1) is 0 Å². The molecule has 0 saturated carbocycles. The minimum absolute atomic E-state index is 0.0981. The molecule has 4 saturated heterocycles. The topological polar surface area (TPSA) is 73.8 Å². The predicted molar refractivity (Wildman–Crippen MR) is 129 cm³/mol. The molecule has 0 aliphatic carbocycles. The predicted octanol–water partition coefficient (Wildman–Crippen LogP) is 3.49. The summed E-state index contributed by atoms with van der Waals surface area (Å²) in [5, 5.41) is 14.3. The second kappa shape index (κ2) is 8.45. The molecule has 0 radical (unpaired) electrons. The quantitative estimate of drug-likeness (QED) is 0.563. The summed E-state index contributed by atoms with van der Waals surface area (Å²) in [7, 11) is 0. The number of fused-ring (bicyclic) bond motifs is 4. The number of aromatic nitrogens is 2. The SMILES string of the molecule is OCC1CCC2(COc3nc(N4CC5CCC(C4)N5)c4cc(Cl)c(Br)c(F)c4n3)CCCN12. The van der Waals surface area contributed by atoms with Crippen molar-refractivity contribution in [2.24, 2.45) is 0 Å². The van der Waals surface area contributed by atoms with Gasteiger partial charge in [-0.3, -0.25) is 4.90 Å². The number of rotatable bonds is 5. The molecule has 7 nitrogen and oxygen atoms in total. The normalized spacial score (nSPS) is 31.5. The van der Waals surface area contributed by atoms with E-state index in [9.17, 15) is 5.11 Å². The highest BCUT2D eigenvalue weighted by molar-refractivity contribution is 9.10. The van der Waals surface area contributed by atoms with E-state index in [0.29, 0.717) is 34.9 Å². The van der Waals surface area contributed by atoms with Crippen molar-refractivity contribution in [2.75, 3.05) is 37.7 Å². The van der Waals surface area contributed by atoms with Crippen molar-refractivity contribution in [3.8, 4) is 6.01 Å². The summed E-state index contributed by atoms with van der Waals surface area (Å²) in [5.74, 6) is 0.188. The molecular weight excluding hydrogens is 513 g/mol. The lowest BCUT2D eigenvalue weighted by Crippen LogP contribution is -2.51. The Morgan fingerprint density at radius 1 is 1.24 bits per heavy atom. The Kier molecular flexibility index (Phi) is 5.69. The molecule has 0 spiro atoms. The minimum Gasteiger partial charge on any atom is -0.461 e. The maximum Gasteiger partial charge on any atom is 0.319 e. The Balaban J connectivity index is 1.36. The maximum atomic E-state index is 15.3. The van der Waals surface area contributed by atoms with Gasteiger partial charge in [-0.1, -0.05) is 11.6 Å². The van der Waals surface area contributed by atoms with Gasteiger partial charge in [-0.25, -0.2) is 4.39 Å². The van der Waals surface area contributed by atoms with Crippen molar-refractivity contribution >= 4 is 44.3 Å². The Bertz CT molecular complexity index is 1080. The summed E-state index contributed by atoms with van der Waals surface area (Å²) >= 11 is 9.57. The zero-order valence-electron chi connectivity index (χ0n) is 18.4. The van der Waals surface area contributed by atoms with E-state index in [1.165, 1.54) is 0 Å². The molecule has 4 fully saturated rings. The third-order valence-corrected chi connectivity index (χ3v) is 9.32. The molecule has 4 atom stereocenters. The molecule has 5 heterocycles. The van der Waals surface area contributed by atoms with Crippen LogP contribution in [0.5, 0.6) is 6.01 Å². The molecule has 2 N–H and O–H groups in total. The first-order valence-corrected chi connectivity index (χ1v) is 13.0. The largest absolute Gasteiger partial charge is 0.461 e. The monoisotopic (exact) mass is 539 g/mol. The molecule has 1 aromatic heterocycles. The zero-order chi connectivity index (χ0) is 22.7. The lowest BCUT2D eigenvalue weighted by Gasteiger charge is -2.35. The van der Waals surface area contributed by atoms with Crippen molar-refractivity contribution in [3.05, 3.63) is 21.4 Å². The van der Waals surface area contributed by atoms with Crippen molar-refractivity contribution in [3.63, 3.8) is 0 Å². The van der Waals surface area contributed by atoms with Gasteiger partial charge in [-0.2, -0.15) is 9.97 Å². The molecule has 4 unspecified atom stereocenters. The minimum atomic E-state index is -0.494. The standard InChI is InChI=1S/C23H28BrClFN5O2/c24-18-17(25)8-16-20(19(18)26)28-22(29-21(16)30-9-13-2-3-14(10-30)27-13)33-12-23-5-1-7-31(23)15(11-32)4-6-23/h8,13-15,27,32H,1-7,9-12H2. The van der Waals surface area contributed by atoms with Crippen molar-refractivity contribution < 1.29 is 14.2 Å². The highest BCUT2D eigenvalue weighted by Crippen LogP contribution is 2.43. The van der Waals surface area contributed by atoms with Crippen LogP contribution in [-0.4, -0.2) is 76.5 Å². The Morgan fingerprint density at radius 2 is 2.03 bits per heavy atom. The van der Waals surface area contributed by atoms with Crippen LogP contribution in [0.3, 0.4) is 0 Å². The van der Waals surface area contributed by atoms with Gasteiger partial charge >= 0.3 is 6.01 Å². The molecule has 10 heteroatoms. The number of ether oxygens (including phenoxy) is 1. The molecule has 33 heavy (non-hydrogen) atoms. The molecule has 2 aromatic rings. The average Bonchev–Trinajstić information content (AvgIpc) is 3.48. The first kappa shape index (κ1) is 22.2. The summed E-state index contributed by atoms with van der Waals surface area (Å²) in [6.07, 6.45) is 6.34. The number of anilines is 1. The first-order valence-electron chi connectivity index (χ1n) is 11.8. The molecule has 0 amide bonds. The van der Waals surface area contributed by atoms with Gasteiger partial charge in [0.05, 0.1) is 21.6 Å². The molecule has 6 rings (SSSR count). The number of hydrogen-bond donors (Lipinski definition) is 2. The zero-order valence-corrected chi connectivity index (χ0v) is 20.7. The van der Waals surface area contributed by atoms with Crippen LogP contribution in [0.25, 0.3) is 10.9 Å². The molecule has 178 valence electrons. The van der Waals surface area contributed by atoms with E-state index in [1.54, 1.807) is 6.07 Å². The fourth-order valence-electron chi connectivity index (χ4n) is 6.42. The van der Waals surface area contributed by atoms with Gasteiger partial charge in [0.1, 0.15) is 17.9 Å². The Labute approximate surface area is 205 Å². The number of aliphatic hydroxyl groups excluding tert-OH is 1. The third-order valence-electron chi connectivity index (χ3n) is 8.02. The van der Waals surface area contributed by atoms with Gasteiger partial charge in [0, 0.05) is 36.6 Å². The van der Waals surface area contributed by atoms with Gasteiger partial charge in [0.25, 0.3) is 0 Å². The first-order chi connectivity index (χ1) is 16.0. The fraction of sp³-hybridized carbons (Fsp3) is 0.652. The van der Waals surface area contributed by atoms with Crippen LogP contribution in [0.15, 0.2) is 10.5 Å². The number of hydrogen-bond acceptors (Lipinski definition) is 7. The highest BCUT2D eigenvalue weighted by Gasteiger charge is 2.49. The fourth-order valence-corrected chi connectivity index (χ4v) is 6.91. The number of aliphatic hydroxyl groups is 1. The summed E-state index contributed by atoms with van der Waals surface area (Å²) in [5.41, 5.74) is 0.122. The van der Waals surface area contributed by atoms with Gasteiger partial charge in [-0.05, 0) is 67.1 Å². The molecule has 4 aliphatic rings. The van der Waals surface area contributed by atoms with Crippen molar-refractivity contribution in [2.45, 2.75) is 62.2 Å². The van der Waals surface area contributed by atoms with E-state index in [2.05, 4.69) is 36.0 Å². The third kappa shape index (κ3) is 3.71. The van der Waals surface area contributed by atoms with E-state index < -0.39 is 5.82 Å². The second-order valence-electron chi connectivity index (χ2n) is 9.94. The smallest absolute Gasteiger partial charge is 0.319 e. The molecule has 2 bridgehead atoms.